The minimum absolute atomic E-state index is 0.0466. The first-order valence-corrected chi connectivity index (χ1v) is 10.7. The van der Waals surface area contributed by atoms with Crippen LogP contribution < -0.4 is 10.1 Å². The average molecular weight is 413 g/mol. The van der Waals surface area contributed by atoms with Crippen molar-refractivity contribution in [3.8, 4) is 5.75 Å². The molecule has 0 saturated carbocycles. The van der Waals surface area contributed by atoms with E-state index < -0.39 is 0 Å². The number of nitrogens with zero attached hydrogens (tertiary/aromatic N) is 3. The van der Waals surface area contributed by atoms with Crippen molar-refractivity contribution in [1.82, 2.24) is 20.0 Å². The second-order valence-electron chi connectivity index (χ2n) is 7.97. The summed E-state index contributed by atoms with van der Waals surface area (Å²) in [5.41, 5.74) is 3.30. The fourth-order valence-electron chi connectivity index (χ4n) is 3.89. The van der Waals surface area contributed by atoms with Gasteiger partial charge in [0.05, 0.1) is 18.7 Å². The van der Waals surface area contributed by atoms with E-state index in [2.05, 4.69) is 16.5 Å². The molecule has 1 aromatic carbocycles. The lowest BCUT2D eigenvalue weighted by atomic mass is 9.96. The fraction of sp³-hybridized carbons (Fsp3) is 0.522. The number of piperidine rings is 1. The predicted molar refractivity (Wildman–Crippen MR) is 115 cm³/mol. The third-order valence-corrected chi connectivity index (χ3v) is 5.65. The zero-order valence-electron chi connectivity index (χ0n) is 18.2. The van der Waals surface area contributed by atoms with Gasteiger partial charge in [-0.25, -0.2) is 0 Å². The Morgan fingerprint density at radius 2 is 2.00 bits per heavy atom. The summed E-state index contributed by atoms with van der Waals surface area (Å²) in [6.45, 7) is 6.56. The van der Waals surface area contributed by atoms with Crippen molar-refractivity contribution in [1.29, 1.82) is 0 Å². The number of rotatable bonds is 9. The van der Waals surface area contributed by atoms with Crippen LogP contribution in [-0.2, 0) is 22.6 Å². The van der Waals surface area contributed by atoms with E-state index in [0.29, 0.717) is 32.5 Å². The number of hydrogen-bond acceptors (Lipinski definition) is 4. The lowest BCUT2D eigenvalue weighted by Crippen LogP contribution is -2.46. The van der Waals surface area contributed by atoms with Gasteiger partial charge in [0.2, 0.25) is 11.8 Å². The number of nitrogens with one attached hydrogen (secondary N) is 1. The molecule has 0 spiro atoms. The van der Waals surface area contributed by atoms with E-state index in [1.165, 1.54) is 0 Å². The number of amides is 2. The Morgan fingerprint density at radius 1 is 1.23 bits per heavy atom. The number of aryl methyl sites for hydroxylation is 3. The summed E-state index contributed by atoms with van der Waals surface area (Å²) in [6.07, 6.45) is 2.67. The SMILES string of the molecule is COc1ccc(CCN2C[C@@H](C(=O)NCCCn3nc(C)cc3C)CCC2=O)cc1. The van der Waals surface area contributed by atoms with E-state index in [0.717, 1.165) is 42.1 Å². The summed E-state index contributed by atoms with van der Waals surface area (Å²) in [5.74, 6) is 0.872. The lowest BCUT2D eigenvalue weighted by Gasteiger charge is -2.32. The first-order valence-electron chi connectivity index (χ1n) is 10.7. The highest BCUT2D eigenvalue weighted by molar-refractivity contribution is 5.83. The molecule has 1 aromatic heterocycles. The summed E-state index contributed by atoms with van der Waals surface area (Å²) < 4.78 is 7.15. The van der Waals surface area contributed by atoms with Crippen molar-refractivity contribution in [2.45, 2.75) is 46.1 Å². The molecule has 3 rings (SSSR count). The molecule has 0 aliphatic carbocycles. The Balaban J connectivity index is 1.42. The van der Waals surface area contributed by atoms with E-state index in [1.807, 2.05) is 47.7 Å². The molecule has 2 heterocycles. The molecular formula is C23H32N4O3. The maximum Gasteiger partial charge on any atom is 0.224 e. The molecule has 2 amide bonds. The van der Waals surface area contributed by atoms with Crippen LogP contribution in [0.4, 0.5) is 0 Å². The van der Waals surface area contributed by atoms with Crippen LogP contribution in [0.1, 0.15) is 36.2 Å². The van der Waals surface area contributed by atoms with Gasteiger partial charge < -0.3 is 15.0 Å². The largest absolute Gasteiger partial charge is 0.497 e. The van der Waals surface area contributed by atoms with Crippen LogP contribution in [0, 0.1) is 19.8 Å². The predicted octanol–water partition coefficient (Wildman–Crippen LogP) is 2.50. The molecule has 1 atom stereocenters. The zero-order valence-corrected chi connectivity index (χ0v) is 18.2. The Labute approximate surface area is 178 Å². The van der Waals surface area contributed by atoms with Crippen LogP contribution in [0.15, 0.2) is 30.3 Å². The smallest absolute Gasteiger partial charge is 0.224 e. The molecule has 1 N–H and O–H groups in total. The standard InChI is InChI=1S/C23H32N4O3/c1-17-15-18(2)27(25-17)13-4-12-24-23(29)20-7-10-22(28)26(16-20)14-11-19-5-8-21(30-3)9-6-19/h5-6,8-9,15,20H,4,7,10-14,16H2,1-3H3,(H,24,29)/t20-/m0/s1. The highest BCUT2D eigenvalue weighted by Gasteiger charge is 2.29. The number of ether oxygens (including phenoxy) is 1. The topological polar surface area (TPSA) is 76.5 Å². The maximum atomic E-state index is 12.6. The minimum Gasteiger partial charge on any atom is -0.497 e. The van der Waals surface area contributed by atoms with E-state index in [-0.39, 0.29) is 17.7 Å². The molecule has 7 heteroatoms. The molecular weight excluding hydrogens is 380 g/mol. The summed E-state index contributed by atoms with van der Waals surface area (Å²) in [4.78, 5) is 26.7. The van der Waals surface area contributed by atoms with E-state index in [1.54, 1.807) is 7.11 Å². The summed E-state index contributed by atoms with van der Waals surface area (Å²) in [5, 5.41) is 7.48. The molecule has 0 bridgehead atoms. The molecule has 1 saturated heterocycles. The quantitative estimate of drug-likeness (QED) is 0.642. The number of aromatic nitrogens is 2. The van der Waals surface area contributed by atoms with Crippen LogP contribution in [0.25, 0.3) is 0 Å². The van der Waals surface area contributed by atoms with Gasteiger partial charge in [0, 0.05) is 38.3 Å². The van der Waals surface area contributed by atoms with Gasteiger partial charge in [0.25, 0.3) is 0 Å². The second-order valence-corrected chi connectivity index (χ2v) is 7.97. The van der Waals surface area contributed by atoms with Crippen LogP contribution in [0.5, 0.6) is 5.75 Å². The molecule has 2 aromatic rings. The molecule has 0 radical (unpaired) electrons. The number of likely N-dealkylation sites (tertiary alicyclic amines) is 1. The van der Waals surface area contributed by atoms with Crippen molar-refractivity contribution in [3.63, 3.8) is 0 Å². The van der Waals surface area contributed by atoms with Crippen molar-refractivity contribution in [3.05, 3.63) is 47.3 Å². The first kappa shape index (κ1) is 21.9. The van der Waals surface area contributed by atoms with Crippen molar-refractivity contribution >= 4 is 11.8 Å². The van der Waals surface area contributed by atoms with Crippen molar-refractivity contribution in [2.75, 3.05) is 26.7 Å². The molecule has 1 aliphatic rings. The number of methoxy groups -OCH3 is 1. The highest BCUT2D eigenvalue weighted by Crippen LogP contribution is 2.19. The Hall–Kier alpha value is -2.83. The van der Waals surface area contributed by atoms with Crippen LogP contribution in [-0.4, -0.2) is 53.2 Å². The van der Waals surface area contributed by atoms with Gasteiger partial charge in [0.15, 0.2) is 0 Å². The van der Waals surface area contributed by atoms with Gasteiger partial charge >= 0.3 is 0 Å². The van der Waals surface area contributed by atoms with Gasteiger partial charge in [-0.15, -0.1) is 0 Å². The summed E-state index contributed by atoms with van der Waals surface area (Å²) in [6, 6.07) is 9.93. The van der Waals surface area contributed by atoms with Crippen LogP contribution in [0.3, 0.4) is 0 Å². The van der Waals surface area contributed by atoms with Crippen LogP contribution in [0.2, 0.25) is 0 Å². The molecule has 1 fully saturated rings. The second kappa shape index (κ2) is 10.3. The normalized spacial score (nSPS) is 16.6. The maximum absolute atomic E-state index is 12.6. The first-order chi connectivity index (χ1) is 14.5. The number of carbonyl (C=O) groups is 2. The third kappa shape index (κ3) is 5.84. The molecule has 30 heavy (non-hydrogen) atoms. The lowest BCUT2D eigenvalue weighted by molar-refractivity contribution is -0.138. The van der Waals surface area contributed by atoms with E-state index in [4.69, 9.17) is 4.74 Å². The van der Waals surface area contributed by atoms with Crippen molar-refractivity contribution in [2.24, 2.45) is 5.92 Å². The number of benzene rings is 1. The van der Waals surface area contributed by atoms with Gasteiger partial charge in [-0.05, 0) is 56.9 Å². The molecule has 162 valence electrons. The Bertz CT molecular complexity index is 860. The molecule has 0 unspecified atom stereocenters. The Morgan fingerprint density at radius 3 is 2.67 bits per heavy atom. The van der Waals surface area contributed by atoms with E-state index in [9.17, 15) is 9.59 Å². The highest BCUT2D eigenvalue weighted by atomic mass is 16.5. The van der Waals surface area contributed by atoms with Crippen LogP contribution >= 0.6 is 0 Å². The molecule has 7 nitrogen and oxygen atoms in total. The van der Waals surface area contributed by atoms with Gasteiger partial charge in [-0.1, -0.05) is 12.1 Å². The monoisotopic (exact) mass is 412 g/mol. The minimum atomic E-state index is -0.132. The number of carbonyl (C=O) groups excluding carboxylic acids is 2. The van der Waals surface area contributed by atoms with E-state index >= 15 is 0 Å². The summed E-state index contributed by atoms with van der Waals surface area (Å²) >= 11 is 0. The van der Waals surface area contributed by atoms with Gasteiger partial charge in [0.1, 0.15) is 5.75 Å². The van der Waals surface area contributed by atoms with Gasteiger partial charge in [-0.2, -0.15) is 5.10 Å². The third-order valence-electron chi connectivity index (χ3n) is 5.65. The molecule has 1 aliphatic heterocycles. The zero-order chi connectivity index (χ0) is 21.5. The van der Waals surface area contributed by atoms with Crippen molar-refractivity contribution < 1.29 is 14.3 Å². The Kier molecular flexibility index (Phi) is 7.49. The van der Waals surface area contributed by atoms with Gasteiger partial charge in [-0.3, -0.25) is 14.3 Å². The fourth-order valence-corrected chi connectivity index (χ4v) is 3.89. The average Bonchev–Trinajstić information content (AvgIpc) is 3.07. The summed E-state index contributed by atoms with van der Waals surface area (Å²) in [7, 11) is 1.64. The number of hydrogen-bond donors (Lipinski definition) is 1.